The lowest BCUT2D eigenvalue weighted by Gasteiger charge is -2.36. The van der Waals surface area contributed by atoms with Crippen LogP contribution < -0.4 is 16.5 Å². The fourth-order valence-electron chi connectivity index (χ4n) is 6.08. The fourth-order valence-corrected chi connectivity index (χ4v) is 6.08. The molecule has 2 aromatic carbocycles. The topological polar surface area (TPSA) is 100 Å². The van der Waals surface area contributed by atoms with Crippen molar-refractivity contribution >= 4 is 11.8 Å². The smallest absolute Gasteiger partial charge is 0.259 e. The van der Waals surface area contributed by atoms with Gasteiger partial charge in [-0.25, -0.2) is 27.4 Å². The zero-order valence-corrected chi connectivity index (χ0v) is 22.6. The van der Waals surface area contributed by atoms with E-state index in [0.29, 0.717) is 28.8 Å². The zero-order chi connectivity index (χ0) is 30.4. The van der Waals surface area contributed by atoms with Crippen LogP contribution in [0.25, 0.3) is 11.1 Å². The Morgan fingerprint density at radius 2 is 1.81 bits per heavy atom. The van der Waals surface area contributed by atoms with E-state index in [4.69, 9.17) is 5.73 Å². The van der Waals surface area contributed by atoms with Crippen LogP contribution in [-0.4, -0.2) is 40.8 Å². The minimum absolute atomic E-state index is 0.0951. The monoisotopic (exact) mass is 595 g/mol. The van der Waals surface area contributed by atoms with E-state index < -0.39 is 47.8 Å². The summed E-state index contributed by atoms with van der Waals surface area (Å²) in [5.74, 6) is -3.75. The molecule has 3 aliphatic carbocycles. The first-order valence-electron chi connectivity index (χ1n) is 13.6. The number of pyridine rings is 1. The maximum Gasteiger partial charge on any atom is 0.259 e. The average molecular weight is 596 g/mol. The molecule has 2 heterocycles. The number of amides is 2. The lowest BCUT2D eigenvalue weighted by Crippen LogP contribution is -2.46. The van der Waals surface area contributed by atoms with Crippen LogP contribution in [-0.2, 0) is 11.2 Å². The maximum absolute atomic E-state index is 14.2. The number of alkyl halides is 2. The Balaban J connectivity index is 1.33. The van der Waals surface area contributed by atoms with E-state index in [2.05, 4.69) is 15.7 Å². The third-order valence-corrected chi connectivity index (χ3v) is 7.91. The third kappa shape index (κ3) is 5.62. The summed E-state index contributed by atoms with van der Waals surface area (Å²) < 4.78 is 70.1. The molecular weight excluding hydrogens is 569 g/mol. The van der Waals surface area contributed by atoms with E-state index in [0.717, 1.165) is 36.3 Å². The molecule has 0 radical (unpaired) electrons. The van der Waals surface area contributed by atoms with Crippen LogP contribution in [0, 0.1) is 23.4 Å². The molecule has 3 atom stereocenters. The van der Waals surface area contributed by atoms with Crippen molar-refractivity contribution < 1.29 is 31.5 Å². The minimum Gasteiger partial charge on any atom is -0.366 e. The number of hydrazine groups is 1. The number of benzene rings is 2. The van der Waals surface area contributed by atoms with Crippen LogP contribution >= 0.6 is 0 Å². The first-order valence-corrected chi connectivity index (χ1v) is 13.6. The number of nitrogens with one attached hydrogen (secondary N) is 2. The molecule has 12 heteroatoms. The molecule has 4 aliphatic rings. The summed E-state index contributed by atoms with van der Waals surface area (Å²) in [5, 5.41) is 4.28. The Kier molecular flexibility index (Phi) is 7.47. The van der Waals surface area contributed by atoms with Crippen molar-refractivity contribution in [2.45, 2.75) is 37.8 Å². The molecule has 1 aromatic heterocycles. The van der Waals surface area contributed by atoms with Gasteiger partial charge in [-0.05, 0) is 77.8 Å². The molecule has 7 nitrogen and oxygen atoms in total. The summed E-state index contributed by atoms with van der Waals surface area (Å²) >= 11 is 0. The first-order chi connectivity index (χ1) is 20.6. The molecule has 0 fully saturated rings. The highest BCUT2D eigenvalue weighted by atomic mass is 19.3. The number of carbonyl (C=O) groups is 2. The molecular formula is C31H26F5N5O2. The van der Waals surface area contributed by atoms with Crippen molar-refractivity contribution in [1.29, 1.82) is 0 Å². The van der Waals surface area contributed by atoms with Gasteiger partial charge in [-0.1, -0.05) is 18.2 Å². The number of carbonyl (C=O) groups excluding carboxylic acids is 2. The SMILES string of the molecule is NC(=O)c1cc(-c2cccnc2[C@H](Cc2cc(F)cc(F)c2)NC(=O)CN2N[C@H](C(F)F)C3=C2C2=C[C@@H](C2)C3)ccc1F. The summed E-state index contributed by atoms with van der Waals surface area (Å²) in [6.45, 7) is -0.317. The number of primary amides is 1. The standard InChI is InChI=1S/C31H26F5N5O2/c32-19-8-16(9-20(33)13-19)11-25(27-21(2-1-5-38-27)17-3-4-24(34)22(12-17)31(37)43)39-26(42)14-41-29-18-6-15(7-18)10-23(29)28(40-41)30(35)36/h1-6,8-9,12-13,15,25,28,30,40H,7,10-11,14H2,(H2,37,43)(H,39,42)/t15-,25-,28-/m0/s1. The van der Waals surface area contributed by atoms with Crippen LogP contribution in [0.1, 0.15) is 40.5 Å². The van der Waals surface area contributed by atoms with Gasteiger partial charge < -0.3 is 11.1 Å². The van der Waals surface area contributed by atoms with Crippen LogP contribution in [0.4, 0.5) is 22.0 Å². The van der Waals surface area contributed by atoms with Gasteiger partial charge in [-0.3, -0.25) is 19.6 Å². The summed E-state index contributed by atoms with van der Waals surface area (Å²) in [6, 6.07) is 7.81. The highest BCUT2D eigenvalue weighted by Crippen LogP contribution is 2.48. The molecule has 4 N–H and O–H groups in total. The number of halogens is 5. The van der Waals surface area contributed by atoms with Crippen molar-refractivity contribution in [3.63, 3.8) is 0 Å². The lowest BCUT2D eigenvalue weighted by molar-refractivity contribution is -0.123. The summed E-state index contributed by atoms with van der Waals surface area (Å²) in [6.07, 6.45) is 1.96. The number of hydrogen-bond acceptors (Lipinski definition) is 5. The Hall–Kier alpha value is -4.58. The number of nitrogens with zero attached hydrogens (tertiary/aromatic N) is 2. The van der Waals surface area contributed by atoms with Gasteiger partial charge in [0.15, 0.2) is 0 Å². The number of rotatable bonds is 9. The molecule has 222 valence electrons. The summed E-state index contributed by atoms with van der Waals surface area (Å²) in [5.41, 5.74) is 11.1. The summed E-state index contributed by atoms with van der Waals surface area (Å²) in [7, 11) is 0. The third-order valence-electron chi connectivity index (χ3n) is 7.91. The van der Waals surface area contributed by atoms with Crippen LogP contribution in [0.3, 0.4) is 0 Å². The quantitative estimate of drug-likeness (QED) is 0.311. The van der Waals surface area contributed by atoms with E-state index in [1.165, 1.54) is 23.3 Å². The Bertz CT molecular complexity index is 1670. The van der Waals surface area contributed by atoms with Gasteiger partial charge in [-0.2, -0.15) is 0 Å². The second-order valence-corrected chi connectivity index (χ2v) is 10.9. The minimum atomic E-state index is -2.66. The molecule has 2 amide bonds. The van der Waals surface area contributed by atoms with E-state index in [1.54, 1.807) is 12.1 Å². The molecule has 2 bridgehead atoms. The Labute approximate surface area is 243 Å². The largest absolute Gasteiger partial charge is 0.366 e. The van der Waals surface area contributed by atoms with Crippen LogP contribution in [0.2, 0.25) is 0 Å². The molecule has 0 spiro atoms. The van der Waals surface area contributed by atoms with E-state index in [-0.39, 0.29) is 35.7 Å². The normalized spacial score (nSPS) is 19.6. The predicted octanol–water partition coefficient (Wildman–Crippen LogP) is 4.72. The second kappa shape index (κ2) is 11.3. The molecule has 0 unspecified atom stereocenters. The fraction of sp³-hybridized carbons (Fsp3) is 0.258. The van der Waals surface area contributed by atoms with Crippen LogP contribution in [0.15, 0.2) is 77.6 Å². The highest BCUT2D eigenvalue weighted by Gasteiger charge is 2.45. The van der Waals surface area contributed by atoms with Gasteiger partial charge in [-0.15, -0.1) is 0 Å². The summed E-state index contributed by atoms with van der Waals surface area (Å²) in [4.78, 5) is 29.7. The lowest BCUT2D eigenvalue weighted by atomic mass is 9.72. The average Bonchev–Trinajstić information content (AvgIpc) is 3.31. The molecule has 1 aliphatic heterocycles. The van der Waals surface area contributed by atoms with Crippen molar-refractivity contribution in [2.75, 3.05) is 6.54 Å². The number of aromatic nitrogens is 1. The van der Waals surface area contributed by atoms with Gasteiger partial charge in [0.2, 0.25) is 5.91 Å². The van der Waals surface area contributed by atoms with Crippen molar-refractivity contribution in [3.05, 3.63) is 112 Å². The molecule has 7 rings (SSSR count). The predicted molar refractivity (Wildman–Crippen MR) is 147 cm³/mol. The van der Waals surface area contributed by atoms with Gasteiger partial charge in [0.25, 0.3) is 12.3 Å². The maximum atomic E-state index is 14.2. The molecule has 3 aromatic rings. The van der Waals surface area contributed by atoms with Crippen LogP contribution in [0.5, 0.6) is 0 Å². The van der Waals surface area contributed by atoms with Gasteiger partial charge in [0.05, 0.1) is 23.0 Å². The Morgan fingerprint density at radius 1 is 1.07 bits per heavy atom. The van der Waals surface area contributed by atoms with Gasteiger partial charge in [0.1, 0.15) is 30.0 Å². The van der Waals surface area contributed by atoms with Crippen molar-refractivity contribution in [1.82, 2.24) is 20.7 Å². The van der Waals surface area contributed by atoms with Crippen molar-refractivity contribution in [3.8, 4) is 11.1 Å². The number of allylic oxidation sites excluding steroid dienone is 2. The van der Waals surface area contributed by atoms with E-state index >= 15 is 0 Å². The first kappa shape index (κ1) is 28.5. The molecule has 0 saturated heterocycles. The zero-order valence-electron chi connectivity index (χ0n) is 22.6. The van der Waals surface area contributed by atoms with Gasteiger partial charge >= 0.3 is 0 Å². The number of nitrogens with two attached hydrogens (primary N) is 1. The highest BCUT2D eigenvalue weighted by molar-refractivity contribution is 5.94. The van der Waals surface area contributed by atoms with E-state index in [1.807, 2.05) is 6.08 Å². The second-order valence-electron chi connectivity index (χ2n) is 10.9. The molecule has 43 heavy (non-hydrogen) atoms. The van der Waals surface area contributed by atoms with Crippen molar-refractivity contribution in [2.24, 2.45) is 11.7 Å². The molecule has 0 saturated carbocycles. The Morgan fingerprint density at radius 3 is 2.51 bits per heavy atom. The van der Waals surface area contributed by atoms with Gasteiger partial charge in [0, 0.05) is 17.8 Å². The van der Waals surface area contributed by atoms with E-state index in [9.17, 15) is 31.5 Å². The number of hydrogen-bond donors (Lipinski definition) is 3.